The van der Waals surface area contributed by atoms with Crippen molar-refractivity contribution in [3.05, 3.63) is 26.4 Å². The molecule has 1 rings (SSSR count). The number of hydrogen-bond donors (Lipinski definition) is 2. The van der Waals surface area contributed by atoms with E-state index in [1.165, 1.54) is 29.0 Å². The minimum absolute atomic E-state index is 0.0479. The molecule has 0 bridgehead atoms. The molecular weight excluding hydrogens is 224 g/mol. The Morgan fingerprint density at radius 1 is 1.86 bits per heavy atom. The van der Waals surface area contributed by atoms with Gasteiger partial charge in [-0.15, -0.1) is 11.3 Å². The van der Waals surface area contributed by atoms with Crippen LogP contribution in [-0.2, 0) is 0 Å². The molecule has 6 nitrogen and oxygen atoms in total. The highest BCUT2D eigenvalue weighted by Gasteiger charge is 2.07. The number of nitrogens with one attached hydrogen (secondary N) is 1. The molecule has 0 fully saturated rings. The summed E-state index contributed by atoms with van der Waals surface area (Å²) in [6.45, 7) is 0. The second kappa shape index (κ2) is 4.63. The van der Waals surface area contributed by atoms with E-state index >= 15 is 0 Å². The van der Waals surface area contributed by atoms with E-state index in [9.17, 15) is 10.1 Å². The normalized spacial score (nSPS) is 10.3. The molecule has 0 aromatic carbocycles. The first-order valence-corrected chi connectivity index (χ1v) is 4.70. The minimum Gasteiger partial charge on any atom is -0.375 e. The summed E-state index contributed by atoms with van der Waals surface area (Å²) in [5, 5.41) is 15.4. The van der Waals surface area contributed by atoms with E-state index in [0.717, 1.165) is 0 Å². The van der Waals surface area contributed by atoms with E-state index < -0.39 is 4.92 Å². The zero-order valence-electron chi connectivity index (χ0n) is 6.84. The molecule has 0 aliphatic rings. The van der Waals surface area contributed by atoms with Gasteiger partial charge in [0.1, 0.15) is 0 Å². The van der Waals surface area contributed by atoms with E-state index in [0.29, 0.717) is 4.88 Å². The number of thiophene rings is 1. The fourth-order valence-corrected chi connectivity index (χ4v) is 1.43. The Balaban J connectivity index is 2.64. The van der Waals surface area contributed by atoms with Crippen LogP contribution in [0.5, 0.6) is 0 Å². The Labute approximate surface area is 88.6 Å². The van der Waals surface area contributed by atoms with Crippen molar-refractivity contribution in [1.29, 1.82) is 0 Å². The Morgan fingerprint density at radius 3 is 3.07 bits per heavy atom. The van der Waals surface area contributed by atoms with Crippen molar-refractivity contribution in [2.45, 2.75) is 0 Å². The maximum atomic E-state index is 10.3. The minimum atomic E-state index is -0.463. The van der Waals surface area contributed by atoms with Gasteiger partial charge in [-0.3, -0.25) is 15.5 Å². The topological polar surface area (TPSA) is 93.5 Å². The van der Waals surface area contributed by atoms with Crippen LogP contribution in [0.2, 0.25) is 0 Å². The molecule has 0 saturated carbocycles. The van der Waals surface area contributed by atoms with Gasteiger partial charge in [-0.05, 0) is 12.2 Å². The molecule has 74 valence electrons. The average Bonchev–Trinajstić information content (AvgIpc) is 2.52. The van der Waals surface area contributed by atoms with Gasteiger partial charge in [-0.1, -0.05) is 0 Å². The lowest BCUT2D eigenvalue weighted by Crippen LogP contribution is -2.23. The van der Waals surface area contributed by atoms with Gasteiger partial charge in [-0.2, -0.15) is 5.10 Å². The molecule has 0 radical (unpaired) electrons. The summed E-state index contributed by atoms with van der Waals surface area (Å²) < 4.78 is 0. The summed E-state index contributed by atoms with van der Waals surface area (Å²) in [5.74, 6) is 0. The van der Waals surface area contributed by atoms with Gasteiger partial charge in [0.25, 0.3) is 5.69 Å². The van der Waals surface area contributed by atoms with Crippen LogP contribution >= 0.6 is 23.6 Å². The Bertz CT molecular complexity index is 387. The number of nitrogens with zero attached hydrogens (tertiary/aromatic N) is 2. The second-order valence-corrected chi connectivity index (χ2v) is 3.58. The first-order chi connectivity index (χ1) is 6.59. The number of nitrogens with two attached hydrogens (primary N) is 1. The molecule has 3 N–H and O–H groups in total. The molecule has 14 heavy (non-hydrogen) atoms. The lowest BCUT2D eigenvalue weighted by atomic mass is 10.4. The molecule has 0 amide bonds. The van der Waals surface area contributed by atoms with Gasteiger partial charge in [0, 0.05) is 6.07 Å². The fraction of sp³-hybridized carbons (Fsp3) is 0. The quantitative estimate of drug-likeness (QED) is 0.347. The van der Waals surface area contributed by atoms with Crippen LogP contribution in [0.4, 0.5) is 5.69 Å². The van der Waals surface area contributed by atoms with Crippen LogP contribution in [0.3, 0.4) is 0 Å². The largest absolute Gasteiger partial charge is 0.375 e. The van der Waals surface area contributed by atoms with Crippen molar-refractivity contribution in [2.75, 3.05) is 0 Å². The van der Waals surface area contributed by atoms with Crippen molar-refractivity contribution in [3.8, 4) is 0 Å². The average molecular weight is 230 g/mol. The van der Waals surface area contributed by atoms with Gasteiger partial charge in [0.15, 0.2) is 5.11 Å². The lowest BCUT2D eigenvalue weighted by Gasteiger charge is -1.90. The maximum Gasteiger partial charge on any atom is 0.280 e. The van der Waals surface area contributed by atoms with Crippen molar-refractivity contribution < 1.29 is 4.92 Å². The maximum absolute atomic E-state index is 10.3. The zero-order valence-corrected chi connectivity index (χ0v) is 8.47. The SMILES string of the molecule is NC(=S)NN=Cc1cc([N+](=O)[O-])cs1. The third kappa shape index (κ3) is 3.07. The molecule has 0 aliphatic heterocycles. The third-order valence-corrected chi connectivity index (χ3v) is 2.13. The number of hydrogen-bond acceptors (Lipinski definition) is 5. The highest BCUT2D eigenvalue weighted by molar-refractivity contribution is 7.80. The number of nitro groups is 1. The van der Waals surface area contributed by atoms with E-state index in [-0.39, 0.29) is 10.8 Å². The Morgan fingerprint density at radius 2 is 2.57 bits per heavy atom. The summed E-state index contributed by atoms with van der Waals surface area (Å²) in [6, 6.07) is 1.41. The standard InChI is InChI=1S/C6H6N4O2S2/c7-6(13)9-8-2-5-1-4(3-14-5)10(11)12/h1-3H,(H3,7,9,13). The highest BCUT2D eigenvalue weighted by atomic mass is 32.1. The predicted octanol–water partition coefficient (Wildman–Crippen LogP) is 0.823. The number of hydrazone groups is 1. The van der Waals surface area contributed by atoms with Crippen molar-refractivity contribution in [3.63, 3.8) is 0 Å². The van der Waals surface area contributed by atoms with Gasteiger partial charge in [0.05, 0.1) is 21.4 Å². The summed E-state index contributed by atoms with van der Waals surface area (Å²) in [5.41, 5.74) is 7.51. The third-order valence-electron chi connectivity index (χ3n) is 1.18. The number of thiocarbonyl (C=S) groups is 1. The fourth-order valence-electron chi connectivity index (χ4n) is 0.665. The molecule has 1 aromatic rings. The molecule has 1 heterocycles. The van der Waals surface area contributed by atoms with Gasteiger partial charge < -0.3 is 5.73 Å². The summed E-state index contributed by atoms with van der Waals surface area (Å²) in [4.78, 5) is 10.5. The summed E-state index contributed by atoms with van der Waals surface area (Å²) in [7, 11) is 0. The van der Waals surface area contributed by atoms with E-state index in [1.54, 1.807) is 0 Å². The van der Waals surface area contributed by atoms with Crippen molar-refractivity contribution in [1.82, 2.24) is 5.43 Å². The summed E-state index contributed by atoms with van der Waals surface area (Å²) in [6.07, 6.45) is 1.41. The molecule has 0 saturated heterocycles. The molecule has 8 heteroatoms. The van der Waals surface area contributed by atoms with Crippen LogP contribution in [0, 0.1) is 10.1 Å². The molecule has 0 atom stereocenters. The zero-order chi connectivity index (χ0) is 10.6. The van der Waals surface area contributed by atoms with Crippen LogP contribution in [-0.4, -0.2) is 16.3 Å². The van der Waals surface area contributed by atoms with Crippen molar-refractivity contribution in [2.24, 2.45) is 10.8 Å². The predicted molar refractivity (Wildman–Crippen MR) is 58.5 cm³/mol. The van der Waals surface area contributed by atoms with E-state index in [1.807, 2.05) is 0 Å². The van der Waals surface area contributed by atoms with Crippen molar-refractivity contribution >= 4 is 40.6 Å². The Hall–Kier alpha value is -1.54. The first kappa shape index (κ1) is 10.5. The molecule has 0 unspecified atom stereocenters. The van der Waals surface area contributed by atoms with Gasteiger partial charge in [-0.25, -0.2) is 0 Å². The van der Waals surface area contributed by atoms with Crippen LogP contribution < -0.4 is 11.2 Å². The lowest BCUT2D eigenvalue weighted by molar-refractivity contribution is -0.384. The Kier molecular flexibility index (Phi) is 3.48. The van der Waals surface area contributed by atoms with Crippen LogP contribution in [0.1, 0.15) is 4.88 Å². The highest BCUT2D eigenvalue weighted by Crippen LogP contribution is 2.19. The number of rotatable bonds is 3. The molecule has 1 aromatic heterocycles. The van der Waals surface area contributed by atoms with Gasteiger partial charge >= 0.3 is 0 Å². The van der Waals surface area contributed by atoms with E-state index in [2.05, 4.69) is 22.7 Å². The molecule has 0 aliphatic carbocycles. The smallest absolute Gasteiger partial charge is 0.280 e. The van der Waals surface area contributed by atoms with E-state index in [4.69, 9.17) is 5.73 Å². The molecular formula is C6H6N4O2S2. The first-order valence-electron chi connectivity index (χ1n) is 3.41. The van der Waals surface area contributed by atoms with Crippen LogP contribution in [0.25, 0.3) is 0 Å². The molecule has 0 spiro atoms. The van der Waals surface area contributed by atoms with Gasteiger partial charge in [0.2, 0.25) is 0 Å². The second-order valence-electron chi connectivity index (χ2n) is 2.20. The monoisotopic (exact) mass is 230 g/mol. The summed E-state index contributed by atoms with van der Waals surface area (Å²) >= 11 is 5.72. The van der Waals surface area contributed by atoms with Crippen LogP contribution in [0.15, 0.2) is 16.5 Å².